The van der Waals surface area contributed by atoms with Gasteiger partial charge in [-0.25, -0.2) is 0 Å². The molecule has 0 aromatic heterocycles. The Kier molecular flexibility index (Phi) is 7.51. The van der Waals surface area contributed by atoms with E-state index in [9.17, 15) is 4.79 Å². The molecule has 100 valence electrons. The molecule has 0 aromatic carbocycles. The molecule has 0 bridgehead atoms. The van der Waals surface area contributed by atoms with Crippen molar-refractivity contribution in [3.8, 4) is 0 Å². The quantitative estimate of drug-likeness (QED) is 0.493. The topological polar surface area (TPSA) is 35.5 Å². The van der Waals surface area contributed by atoms with E-state index in [2.05, 4.69) is 13.8 Å². The van der Waals surface area contributed by atoms with Gasteiger partial charge in [0.2, 0.25) is 0 Å². The van der Waals surface area contributed by atoms with Crippen LogP contribution >= 0.6 is 0 Å². The van der Waals surface area contributed by atoms with E-state index in [-0.39, 0.29) is 6.29 Å². The standard InChI is InChI=1S/C5H8O3.2C4H9.Sn/c1-2-3-5(7)8-4-6;2*1-3-4-2;/h4-5H,1-3H2;2*1,3-4H2,2H3;/q-1;;;+1. The first-order valence-electron chi connectivity index (χ1n) is 7.03. The van der Waals surface area contributed by atoms with Gasteiger partial charge in [0, 0.05) is 0 Å². The molecular formula is C13H26O3Sn. The van der Waals surface area contributed by atoms with Crippen LogP contribution in [0.2, 0.25) is 13.3 Å². The zero-order valence-corrected chi connectivity index (χ0v) is 14.1. The zero-order valence-electron chi connectivity index (χ0n) is 11.2. The molecule has 1 aliphatic heterocycles. The molecule has 0 spiro atoms. The van der Waals surface area contributed by atoms with Crippen LogP contribution < -0.4 is 0 Å². The Bertz CT molecular complexity index is 213. The van der Waals surface area contributed by atoms with Crippen LogP contribution in [0.1, 0.15) is 52.4 Å². The van der Waals surface area contributed by atoms with Crippen LogP contribution in [0.3, 0.4) is 0 Å². The Morgan fingerprint density at radius 2 is 1.94 bits per heavy atom. The Morgan fingerprint density at radius 3 is 2.47 bits per heavy atom. The van der Waals surface area contributed by atoms with E-state index in [1.807, 2.05) is 0 Å². The first kappa shape index (κ1) is 15.3. The molecule has 1 saturated heterocycles. The van der Waals surface area contributed by atoms with Crippen molar-refractivity contribution in [3.63, 3.8) is 0 Å². The summed E-state index contributed by atoms with van der Waals surface area (Å²) >= 11 is -2.42. The van der Waals surface area contributed by atoms with E-state index < -0.39 is 18.8 Å². The summed E-state index contributed by atoms with van der Waals surface area (Å²) in [7, 11) is 0. The minimum atomic E-state index is -2.42. The van der Waals surface area contributed by atoms with E-state index in [4.69, 9.17) is 7.81 Å². The third kappa shape index (κ3) is 5.16. The van der Waals surface area contributed by atoms with Gasteiger partial charge in [0.25, 0.3) is 0 Å². The van der Waals surface area contributed by atoms with Gasteiger partial charge in [-0.1, -0.05) is 0 Å². The molecule has 0 N–H and O–H groups in total. The Morgan fingerprint density at radius 1 is 1.29 bits per heavy atom. The molecule has 0 amide bonds. The van der Waals surface area contributed by atoms with Gasteiger partial charge in [0.1, 0.15) is 0 Å². The molecule has 17 heavy (non-hydrogen) atoms. The molecule has 0 aliphatic carbocycles. The second-order valence-electron chi connectivity index (χ2n) is 5.06. The zero-order chi connectivity index (χ0) is 12.6. The summed E-state index contributed by atoms with van der Waals surface area (Å²) in [5, 5.41) is 0. The molecule has 0 aromatic rings. The van der Waals surface area contributed by atoms with Crippen LogP contribution in [0.5, 0.6) is 0 Å². The molecule has 0 radical (unpaired) electrons. The normalized spacial score (nSPS) is 23.3. The maximum atomic E-state index is 10.4. The van der Waals surface area contributed by atoms with Crippen molar-refractivity contribution in [1.29, 1.82) is 0 Å². The molecule has 3 nitrogen and oxygen atoms in total. The summed E-state index contributed by atoms with van der Waals surface area (Å²) in [5.74, 6) is 0. The fourth-order valence-electron chi connectivity index (χ4n) is 2.64. The average Bonchev–Trinajstić information content (AvgIpc) is 2.35. The number of ether oxygens (including phenoxy) is 1. The molecule has 1 unspecified atom stereocenters. The van der Waals surface area contributed by atoms with Gasteiger partial charge in [-0.05, 0) is 0 Å². The van der Waals surface area contributed by atoms with Gasteiger partial charge in [-0.15, -0.1) is 0 Å². The minimum absolute atomic E-state index is 0.217. The van der Waals surface area contributed by atoms with Crippen molar-refractivity contribution in [1.82, 2.24) is 0 Å². The van der Waals surface area contributed by atoms with E-state index >= 15 is 0 Å². The fraction of sp³-hybridized carbons (Fsp3) is 0.923. The summed E-state index contributed by atoms with van der Waals surface area (Å²) in [4.78, 5) is 10.4. The second-order valence-corrected chi connectivity index (χ2v) is 16.8. The van der Waals surface area contributed by atoms with Crippen LogP contribution in [-0.2, 0) is 12.6 Å². The van der Waals surface area contributed by atoms with Gasteiger partial charge in [0.15, 0.2) is 0 Å². The number of unbranched alkanes of at least 4 members (excludes halogenated alkanes) is 2. The molecule has 1 heterocycles. The molecular weight excluding hydrogens is 323 g/mol. The van der Waals surface area contributed by atoms with Crippen LogP contribution in [-0.4, -0.2) is 31.6 Å². The van der Waals surface area contributed by atoms with Gasteiger partial charge >= 0.3 is 110 Å². The Hall–Kier alpha value is 0.229. The van der Waals surface area contributed by atoms with E-state index in [0.29, 0.717) is 6.47 Å². The summed E-state index contributed by atoms with van der Waals surface area (Å²) in [6, 6.07) is 0. The second kappa shape index (κ2) is 8.35. The molecule has 1 atom stereocenters. The van der Waals surface area contributed by atoms with Gasteiger partial charge in [-0.2, -0.15) is 0 Å². The number of hydrogen-bond donors (Lipinski definition) is 0. The third-order valence-corrected chi connectivity index (χ3v) is 16.6. The first-order valence-corrected chi connectivity index (χ1v) is 14.2. The molecule has 1 fully saturated rings. The summed E-state index contributed by atoms with van der Waals surface area (Å²) < 4.78 is 15.3. The molecule has 4 heteroatoms. The predicted molar refractivity (Wildman–Crippen MR) is 71.2 cm³/mol. The number of rotatable bonds is 8. The number of carbonyl (C=O) groups excluding carboxylic acids is 1. The summed E-state index contributed by atoms with van der Waals surface area (Å²) in [6.07, 6.45) is 6.94. The van der Waals surface area contributed by atoms with Crippen molar-refractivity contribution in [2.45, 2.75) is 72.0 Å². The van der Waals surface area contributed by atoms with Crippen molar-refractivity contribution < 1.29 is 12.6 Å². The van der Waals surface area contributed by atoms with Crippen molar-refractivity contribution in [3.05, 3.63) is 0 Å². The van der Waals surface area contributed by atoms with Gasteiger partial charge < -0.3 is 0 Å². The van der Waals surface area contributed by atoms with Crippen molar-refractivity contribution >= 4 is 25.3 Å². The summed E-state index contributed by atoms with van der Waals surface area (Å²) in [5.41, 5.74) is 0. The van der Waals surface area contributed by atoms with Gasteiger partial charge in [-0.3, -0.25) is 0 Å². The van der Waals surface area contributed by atoms with E-state index in [1.54, 1.807) is 0 Å². The SMILES string of the molecule is CCC[CH2][Sn]1([CH2]CCC)[CH2]CCC(OC=O)[O]1. The number of hydrogen-bond acceptors (Lipinski definition) is 3. The van der Waals surface area contributed by atoms with Crippen LogP contribution in [0.25, 0.3) is 0 Å². The molecule has 1 aliphatic rings. The molecule has 1 rings (SSSR count). The fourth-order valence-corrected chi connectivity index (χ4v) is 16.0. The van der Waals surface area contributed by atoms with Crippen LogP contribution in [0, 0.1) is 0 Å². The Balaban J connectivity index is 2.56. The molecule has 0 saturated carbocycles. The van der Waals surface area contributed by atoms with E-state index in [0.717, 1.165) is 6.42 Å². The maximum absolute atomic E-state index is 10.4. The average molecular weight is 349 g/mol. The van der Waals surface area contributed by atoms with Crippen molar-refractivity contribution in [2.75, 3.05) is 0 Å². The Labute approximate surface area is 110 Å². The first-order chi connectivity index (χ1) is 8.26. The summed E-state index contributed by atoms with van der Waals surface area (Å²) in [6.45, 7) is 5.02. The van der Waals surface area contributed by atoms with E-state index in [1.165, 1.54) is 45.4 Å². The van der Waals surface area contributed by atoms with Gasteiger partial charge in [0.05, 0.1) is 0 Å². The van der Waals surface area contributed by atoms with Crippen molar-refractivity contribution in [2.24, 2.45) is 0 Å². The third-order valence-electron chi connectivity index (χ3n) is 3.63. The monoisotopic (exact) mass is 350 g/mol. The van der Waals surface area contributed by atoms with Crippen LogP contribution in [0.4, 0.5) is 0 Å². The van der Waals surface area contributed by atoms with Crippen LogP contribution in [0.15, 0.2) is 0 Å². The predicted octanol–water partition coefficient (Wildman–Crippen LogP) is 3.84. The number of carbonyl (C=O) groups is 1.